The molecule has 0 aliphatic heterocycles. The Balaban J connectivity index is 1.80. The normalized spacial score (nSPS) is 16.1. The van der Waals surface area contributed by atoms with Crippen LogP contribution in [0.4, 0.5) is 10.5 Å². The van der Waals surface area contributed by atoms with Gasteiger partial charge in [0.2, 0.25) is 0 Å². The van der Waals surface area contributed by atoms with E-state index in [0.29, 0.717) is 17.8 Å². The fraction of sp³-hybridized carbons (Fsp3) is 0.467. The van der Waals surface area contributed by atoms with E-state index in [4.69, 9.17) is 5.11 Å². The summed E-state index contributed by atoms with van der Waals surface area (Å²) in [6.07, 6.45) is 3.56. The van der Waals surface area contributed by atoms with Gasteiger partial charge in [-0.1, -0.05) is 25.5 Å². The van der Waals surface area contributed by atoms with Gasteiger partial charge in [-0.3, -0.25) is 4.79 Å². The van der Waals surface area contributed by atoms with Crippen LogP contribution in [-0.2, 0) is 11.2 Å². The number of anilines is 1. The van der Waals surface area contributed by atoms with Crippen molar-refractivity contribution in [3.8, 4) is 0 Å². The van der Waals surface area contributed by atoms with Gasteiger partial charge >= 0.3 is 12.0 Å². The SMILES string of the molecule is CC1(CNC(=O)Nc2ccc(CC(=O)O)cc2)CCC1. The van der Waals surface area contributed by atoms with Crippen LogP contribution in [0, 0.1) is 5.41 Å². The predicted octanol–water partition coefficient (Wildman–Crippen LogP) is 2.63. The zero-order valence-corrected chi connectivity index (χ0v) is 11.6. The Morgan fingerprint density at radius 2 is 1.90 bits per heavy atom. The van der Waals surface area contributed by atoms with Crippen LogP contribution in [0.3, 0.4) is 0 Å². The summed E-state index contributed by atoms with van der Waals surface area (Å²) in [5.41, 5.74) is 1.63. The summed E-state index contributed by atoms with van der Waals surface area (Å²) in [7, 11) is 0. The summed E-state index contributed by atoms with van der Waals surface area (Å²) in [6, 6.07) is 6.61. The summed E-state index contributed by atoms with van der Waals surface area (Å²) in [5, 5.41) is 14.3. The number of hydrogen-bond acceptors (Lipinski definition) is 2. The predicted molar refractivity (Wildman–Crippen MR) is 76.8 cm³/mol. The van der Waals surface area contributed by atoms with Gasteiger partial charge in [0.15, 0.2) is 0 Å². The lowest BCUT2D eigenvalue weighted by molar-refractivity contribution is -0.136. The van der Waals surface area contributed by atoms with Crippen LogP contribution in [0.25, 0.3) is 0 Å². The molecule has 1 aliphatic rings. The first-order valence-corrected chi connectivity index (χ1v) is 6.82. The Hall–Kier alpha value is -2.04. The Kier molecular flexibility index (Phi) is 4.27. The van der Waals surface area contributed by atoms with Gasteiger partial charge in [-0.15, -0.1) is 0 Å². The molecule has 0 bridgehead atoms. The number of benzene rings is 1. The standard InChI is InChI=1S/C15H20N2O3/c1-15(7-2-8-15)10-16-14(20)17-12-5-3-11(4-6-12)9-13(18)19/h3-6H,2,7-10H2,1H3,(H,18,19)(H2,16,17,20). The van der Waals surface area contributed by atoms with Crippen molar-refractivity contribution in [3.63, 3.8) is 0 Å². The van der Waals surface area contributed by atoms with Gasteiger partial charge in [0.05, 0.1) is 6.42 Å². The molecule has 5 nitrogen and oxygen atoms in total. The van der Waals surface area contributed by atoms with Crippen molar-refractivity contribution in [2.75, 3.05) is 11.9 Å². The molecule has 3 N–H and O–H groups in total. The molecule has 5 heteroatoms. The van der Waals surface area contributed by atoms with Gasteiger partial charge in [-0.2, -0.15) is 0 Å². The van der Waals surface area contributed by atoms with Crippen molar-refractivity contribution >= 4 is 17.7 Å². The minimum Gasteiger partial charge on any atom is -0.481 e. The summed E-state index contributed by atoms with van der Waals surface area (Å²) in [5.74, 6) is -0.864. The molecule has 0 saturated heterocycles. The molecule has 1 aliphatic carbocycles. The average Bonchev–Trinajstić information content (AvgIpc) is 2.36. The molecular weight excluding hydrogens is 256 g/mol. The van der Waals surface area contributed by atoms with E-state index in [0.717, 1.165) is 12.8 Å². The Bertz CT molecular complexity index is 492. The number of amides is 2. The van der Waals surface area contributed by atoms with Gasteiger partial charge in [0.25, 0.3) is 0 Å². The average molecular weight is 276 g/mol. The minimum atomic E-state index is -0.864. The van der Waals surface area contributed by atoms with E-state index in [1.165, 1.54) is 6.42 Å². The summed E-state index contributed by atoms with van der Waals surface area (Å²) in [4.78, 5) is 22.3. The highest BCUT2D eigenvalue weighted by atomic mass is 16.4. The van der Waals surface area contributed by atoms with Gasteiger partial charge in [0, 0.05) is 12.2 Å². The monoisotopic (exact) mass is 276 g/mol. The van der Waals surface area contributed by atoms with E-state index in [-0.39, 0.29) is 17.9 Å². The molecule has 1 aromatic rings. The van der Waals surface area contributed by atoms with E-state index < -0.39 is 5.97 Å². The molecule has 0 heterocycles. The van der Waals surface area contributed by atoms with E-state index >= 15 is 0 Å². The molecule has 20 heavy (non-hydrogen) atoms. The molecule has 0 spiro atoms. The molecule has 108 valence electrons. The van der Waals surface area contributed by atoms with Crippen LogP contribution in [0.2, 0.25) is 0 Å². The third-order valence-corrected chi connectivity index (χ3v) is 3.80. The number of urea groups is 1. The lowest BCUT2D eigenvalue weighted by atomic mass is 9.70. The Morgan fingerprint density at radius 1 is 1.25 bits per heavy atom. The maximum Gasteiger partial charge on any atom is 0.319 e. The number of carboxylic acids is 1. The first kappa shape index (κ1) is 14.4. The minimum absolute atomic E-state index is 0.00910. The summed E-state index contributed by atoms with van der Waals surface area (Å²) in [6.45, 7) is 2.87. The van der Waals surface area contributed by atoms with Gasteiger partial charge < -0.3 is 15.7 Å². The van der Waals surface area contributed by atoms with Crippen LogP contribution < -0.4 is 10.6 Å². The van der Waals surface area contributed by atoms with Crippen LogP contribution >= 0.6 is 0 Å². The largest absolute Gasteiger partial charge is 0.481 e. The molecule has 0 aromatic heterocycles. The van der Waals surface area contributed by atoms with Gasteiger partial charge in [-0.05, 0) is 36.0 Å². The summed E-state index contributed by atoms with van der Waals surface area (Å²) >= 11 is 0. The number of rotatable bonds is 5. The first-order chi connectivity index (χ1) is 9.47. The van der Waals surface area contributed by atoms with Crippen LogP contribution in [0.15, 0.2) is 24.3 Å². The number of carbonyl (C=O) groups is 2. The molecule has 2 amide bonds. The number of nitrogens with one attached hydrogen (secondary N) is 2. The van der Waals surface area contributed by atoms with Crippen molar-refractivity contribution < 1.29 is 14.7 Å². The topological polar surface area (TPSA) is 78.4 Å². The molecule has 0 radical (unpaired) electrons. The highest BCUT2D eigenvalue weighted by Crippen LogP contribution is 2.39. The van der Waals surface area contributed by atoms with Crippen molar-refractivity contribution in [3.05, 3.63) is 29.8 Å². The second kappa shape index (κ2) is 5.94. The molecular formula is C15H20N2O3. The second-order valence-corrected chi connectivity index (χ2v) is 5.74. The fourth-order valence-electron chi connectivity index (χ4n) is 2.31. The molecule has 1 aromatic carbocycles. The fourth-order valence-corrected chi connectivity index (χ4v) is 2.31. The van der Waals surface area contributed by atoms with Crippen molar-refractivity contribution in [1.82, 2.24) is 5.32 Å². The number of carbonyl (C=O) groups excluding carboxylic acids is 1. The van der Waals surface area contributed by atoms with E-state index in [2.05, 4.69) is 17.6 Å². The molecule has 0 unspecified atom stereocenters. The molecule has 0 atom stereocenters. The molecule has 1 saturated carbocycles. The van der Waals surface area contributed by atoms with E-state index in [9.17, 15) is 9.59 Å². The maximum absolute atomic E-state index is 11.7. The van der Waals surface area contributed by atoms with Gasteiger partial charge in [0.1, 0.15) is 0 Å². The quantitative estimate of drug-likeness (QED) is 0.773. The van der Waals surface area contributed by atoms with Crippen molar-refractivity contribution in [1.29, 1.82) is 0 Å². The van der Waals surface area contributed by atoms with Crippen molar-refractivity contribution in [2.45, 2.75) is 32.6 Å². The Labute approximate surface area is 118 Å². The number of hydrogen-bond donors (Lipinski definition) is 3. The molecule has 2 rings (SSSR count). The highest BCUT2D eigenvalue weighted by molar-refractivity contribution is 5.89. The highest BCUT2D eigenvalue weighted by Gasteiger charge is 2.31. The summed E-state index contributed by atoms with van der Waals surface area (Å²) < 4.78 is 0. The lowest BCUT2D eigenvalue weighted by Crippen LogP contribution is -2.41. The third kappa shape index (κ3) is 3.98. The zero-order valence-electron chi connectivity index (χ0n) is 11.6. The first-order valence-electron chi connectivity index (χ1n) is 6.82. The lowest BCUT2D eigenvalue weighted by Gasteiger charge is -2.38. The number of carboxylic acid groups (broad SMARTS) is 1. The maximum atomic E-state index is 11.7. The molecule has 1 fully saturated rings. The van der Waals surface area contributed by atoms with Crippen LogP contribution in [0.1, 0.15) is 31.7 Å². The van der Waals surface area contributed by atoms with Crippen LogP contribution in [0.5, 0.6) is 0 Å². The van der Waals surface area contributed by atoms with E-state index in [1.54, 1.807) is 24.3 Å². The van der Waals surface area contributed by atoms with Crippen LogP contribution in [-0.4, -0.2) is 23.7 Å². The van der Waals surface area contributed by atoms with E-state index in [1.807, 2.05) is 0 Å². The van der Waals surface area contributed by atoms with Gasteiger partial charge in [-0.25, -0.2) is 4.79 Å². The third-order valence-electron chi connectivity index (χ3n) is 3.80. The van der Waals surface area contributed by atoms with Crippen molar-refractivity contribution in [2.24, 2.45) is 5.41 Å². The smallest absolute Gasteiger partial charge is 0.319 e. The zero-order chi connectivity index (χ0) is 14.6. The second-order valence-electron chi connectivity index (χ2n) is 5.74. The number of aliphatic carboxylic acids is 1. The Morgan fingerprint density at radius 3 is 2.40 bits per heavy atom.